The maximum Gasteiger partial charge on any atom is 0.502 e. The van der Waals surface area contributed by atoms with Crippen molar-refractivity contribution in [1.29, 1.82) is 0 Å². The van der Waals surface area contributed by atoms with Crippen molar-refractivity contribution in [3.8, 4) is 5.75 Å². The topological polar surface area (TPSA) is 105 Å². The van der Waals surface area contributed by atoms with Crippen LogP contribution in [0.15, 0.2) is 21.0 Å². The number of benzene rings is 1. The van der Waals surface area contributed by atoms with E-state index >= 15 is 0 Å². The van der Waals surface area contributed by atoms with Gasteiger partial charge in [-0.25, -0.2) is 9.59 Å². The summed E-state index contributed by atoms with van der Waals surface area (Å²) in [5.41, 5.74) is 0.187. The predicted octanol–water partition coefficient (Wildman–Crippen LogP) is 3.46. The van der Waals surface area contributed by atoms with Crippen LogP contribution in [0, 0.1) is 0 Å². The van der Waals surface area contributed by atoms with E-state index in [1.807, 2.05) is 0 Å². The average Bonchev–Trinajstić information content (AvgIpc) is 3.25. The molecular formula is C18H18BrF2N3O6. The Morgan fingerprint density at radius 1 is 1.33 bits per heavy atom. The SMILES string of the molecule is CCOC(=O)C(F)(F)Oc1ccc(Br)c2oc(N3CC4CCC(C3)N4C(=O)O)nc12. The highest BCUT2D eigenvalue weighted by atomic mass is 79.9. The van der Waals surface area contributed by atoms with Crippen LogP contribution in [0.3, 0.4) is 0 Å². The van der Waals surface area contributed by atoms with E-state index in [0.29, 0.717) is 17.6 Å². The molecular weight excluding hydrogens is 472 g/mol. The second kappa shape index (κ2) is 7.56. The van der Waals surface area contributed by atoms with Crippen molar-refractivity contribution in [3.63, 3.8) is 0 Å². The number of aromatic nitrogens is 1. The zero-order chi connectivity index (χ0) is 21.6. The van der Waals surface area contributed by atoms with E-state index in [0.717, 1.165) is 12.8 Å². The Bertz CT molecular complexity index is 986. The number of ether oxygens (including phenoxy) is 2. The molecule has 0 aliphatic carbocycles. The third-order valence-electron chi connectivity index (χ3n) is 5.17. The smallest absolute Gasteiger partial charge is 0.465 e. The second-order valence-electron chi connectivity index (χ2n) is 7.04. The molecule has 0 radical (unpaired) electrons. The van der Waals surface area contributed by atoms with Gasteiger partial charge < -0.3 is 23.9 Å². The van der Waals surface area contributed by atoms with Gasteiger partial charge in [0.25, 0.3) is 6.01 Å². The summed E-state index contributed by atoms with van der Waals surface area (Å²) >= 11 is 3.29. The molecule has 12 heteroatoms. The van der Waals surface area contributed by atoms with Crippen molar-refractivity contribution in [2.24, 2.45) is 0 Å². The van der Waals surface area contributed by atoms with Gasteiger partial charge in [-0.1, -0.05) is 0 Å². The van der Waals surface area contributed by atoms with Crippen LogP contribution < -0.4 is 9.64 Å². The minimum Gasteiger partial charge on any atom is -0.465 e. The first-order valence-corrected chi connectivity index (χ1v) is 10.1. The Kier molecular flexibility index (Phi) is 5.20. The zero-order valence-corrected chi connectivity index (χ0v) is 17.4. The lowest BCUT2D eigenvalue weighted by Gasteiger charge is -2.38. The highest BCUT2D eigenvalue weighted by molar-refractivity contribution is 9.10. The standard InChI is InChI=1S/C18H18BrF2N3O6/c1-2-28-15(25)18(20,21)30-12-6-5-11(19)14-13(12)22-16(29-14)23-7-9-3-4-10(8-23)24(9)17(26)27/h5-6,9-10H,2-4,7-8H2,1H3,(H,26,27). The van der Waals surface area contributed by atoms with E-state index in [-0.39, 0.29) is 41.6 Å². The van der Waals surface area contributed by atoms with E-state index in [1.54, 1.807) is 4.90 Å². The first kappa shape index (κ1) is 20.6. The fraction of sp³-hybridized carbons (Fsp3) is 0.500. The Morgan fingerprint density at radius 3 is 2.60 bits per heavy atom. The number of anilines is 1. The molecule has 1 amide bonds. The molecule has 2 fully saturated rings. The summed E-state index contributed by atoms with van der Waals surface area (Å²) < 4.78 is 43.4. The molecule has 0 saturated carbocycles. The van der Waals surface area contributed by atoms with Gasteiger partial charge >= 0.3 is 18.2 Å². The summed E-state index contributed by atoms with van der Waals surface area (Å²) in [7, 11) is 0. The minimum atomic E-state index is -4.19. The molecule has 2 unspecified atom stereocenters. The number of hydrogen-bond donors (Lipinski definition) is 1. The number of carboxylic acid groups (broad SMARTS) is 1. The van der Waals surface area contributed by atoms with Gasteiger partial charge in [0.1, 0.15) is 0 Å². The monoisotopic (exact) mass is 489 g/mol. The Hall–Kier alpha value is -2.63. The van der Waals surface area contributed by atoms with Gasteiger partial charge in [-0.15, -0.1) is 0 Å². The summed E-state index contributed by atoms with van der Waals surface area (Å²) in [6.07, 6.45) is -3.68. The van der Waals surface area contributed by atoms with Gasteiger partial charge in [0.15, 0.2) is 16.8 Å². The van der Waals surface area contributed by atoms with Crippen molar-refractivity contribution < 1.29 is 37.4 Å². The van der Waals surface area contributed by atoms with E-state index < -0.39 is 18.2 Å². The fourth-order valence-corrected chi connectivity index (χ4v) is 4.33. The molecule has 1 N–H and O–H groups in total. The fourth-order valence-electron chi connectivity index (χ4n) is 3.93. The number of rotatable bonds is 5. The van der Waals surface area contributed by atoms with Crippen molar-refractivity contribution in [2.75, 3.05) is 24.6 Å². The van der Waals surface area contributed by atoms with Gasteiger partial charge in [-0.2, -0.15) is 13.8 Å². The molecule has 2 atom stereocenters. The van der Waals surface area contributed by atoms with Crippen LogP contribution in [0.5, 0.6) is 5.75 Å². The van der Waals surface area contributed by atoms with Gasteiger partial charge in [0.05, 0.1) is 23.2 Å². The lowest BCUT2D eigenvalue weighted by atomic mass is 10.2. The van der Waals surface area contributed by atoms with Crippen molar-refractivity contribution in [3.05, 3.63) is 16.6 Å². The molecule has 3 heterocycles. The number of amides is 1. The van der Waals surface area contributed by atoms with Crippen molar-refractivity contribution >= 4 is 45.1 Å². The molecule has 30 heavy (non-hydrogen) atoms. The first-order chi connectivity index (χ1) is 14.2. The molecule has 2 aliphatic rings. The maximum atomic E-state index is 14.1. The van der Waals surface area contributed by atoms with Gasteiger partial charge in [-0.3, -0.25) is 4.90 Å². The average molecular weight is 490 g/mol. The van der Waals surface area contributed by atoms with Crippen LogP contribution in [-0.4, -0.2) is 64.9 Å². The van der Waals surface area contributed by atoms with E-state index in [9.17, 15) is 23.5 Å². The number of hydrogen-bond acceptors (Lipinski definition) is 7. The molecule has 2 aliphatic heterocycles. The largest absolute Gasteiger partial charge is 0.502 e. The molecule has 2 aromatic rings. The number of esters is 1. The van der Waals surface area contributed by atoms with Crippen LogP contribution >= 0.6 is 15.9 Å². The quantitative estimate of drug-likeness (QED) is 0.636. The third kappa shape index (κ3) is 3.53. The summed E-state index contributed by atoms with van der Waals surface area (Å²) in [5.74, 6) is -2.14. The Balaban J connectivity index is 1.63. The number of carbonyl (C=O) groups is 2. The molecule has 4 rings (SSSR count). The van der Waals surface area contributed by atoms with Gasteiger partial charge in [-0.05, 0) is 47.8 Å². The Morgan fingerprint density at radius 2 is 2.00 bits per heavy atom. The van der Waals surface area contributed by atoms with Crippen LogP contribution in [0.1, 0.15) is 19.8 Å². The summed E-state index contributed by atoms with van der Waals surface area (Å²) in [5, 5.41) is 9.39. The van der Waals surface area contributed by atoms with Crippen LogP contribution in [0.4, 0.5) is 19.6 Å². The normalized spacial score (nSPS) is 21.2. The molecule has 9 nitrogen and oxygen atoms in total. The van der Waals surface area contributed by atoms with E-state index in [4.69, 9.17) is 4.42 Å². The van der Waals surface area contributed by atoms with Crippen LogP contribution in [-0.2, 0) is 9.53 Å². The Labute approximate surface area is 177 Å². The summed E-state index contributed by atoms with van der Waals surface area (Å²) in [4.78, 5) is 30.5. The van der Waals surface area contributed by atoms with Crippen LogP contribution in [0.25, 0.3) is 11.1 Å². The lowest BCUT2D eigenvalue weighted by Crippen LogP contribution is -2.55. The number of nitrogens with zero attached hydrogens (tertiary/aromatic N) is 3. The van der Waals surface area contributed by atoms with E-state index in [1.165, 1.54) is 24.0 Å². The molecule has 162 valence electrons. The summed E-state index contributed by atoms with van der Waals surface area (Å²) in [6, 6.07) is 2.48. The number of carbonyl (C=O) groups excluding carboxylic acids is 1. The second-order valence-corrected chi connectivity index (χ2v) is 7.89. The highest BCUT2D eigenvalue weighted by Crippen LogP contribution is 2.39. The number of alkyl halides is 2. The first-order valence-electron chi connectivity index (χ1n) is 9.30. The molecule has 2 saturated heterocycles. The van der Waals surface area contributed by atoms with Gasteiger partial charge in [0.2, 0.25) is 0 Å². The number of piperazine rings is 1. The van der Waals surface area contributed by atoms with Crippen LogP contribution in [0.2, 0.25) is 0 Å². The van der Waals surface area contributed by atoms with Gasteiger partial charge in [0, 0.05) is 13.1 Å². The molecule has 1 aromatic heterocycles. The zero-order valence-electron chi connectivity index (χ0n) is 15.8. The van der Waals surface area contributed by atoms with Crippen molar-refractivity contribution in [1.82, 2.24) is 9.88 Å². The maximum absolute atomic E-state index is 14.1. The number of oxazole rings is 1. The molecule has 2 bridgehead atoms. The number of fused-ring (bicyclic) bond motifs is 3. The van der Waals surface area contributed by atoms with E-state index in [2.05, 4.69) is 30.4 Å². The van der Waals surface area contributed by atoms with Crippen molar-refractivity contribution in [2.45, 2.75) is 38.0 Å². The predicted molar refractivity (Wildman–Crippen MR) is 103 cm³/mol. The highest BCUT2D eigenvalue weighted by Gasteiger charge is 2.46. The molecule has 0 spiro atoms. The third-order valence-corrected chi connectivity index (χ3v) is 5.80. The minimum absolute atomic E-state index is 0.0105. The summed E-state index contributed by atoms with van der Waals surface area (Å²) in [6.45, 7) is 1.95. The lowest BCUT2D eigenvalue weighted by molar-refractivity contribution is -0.216. The number of halogens is 3. The molecule has 1 aromatic carbocycles.